The lowest BCUT2D eigenvalue weighted by Gasteiger charge is -2.14. The lowest BCUT2D eigenvalue weighted by atomic mass is 10.3. The van der Waals surface area contributed by atoms with E-state index < -0.39 is 21.2 Å². The van der Waals surface area contributed by atoms with Gasteiger partial charge in [-0.15, -0.1) is 0 Å². The molecule has 0 aliphatic rings. The Morgan fingerprint density at radius 1 is 1.37 bits per heavy atom. The number of aromatic nitrogens is 2. The summed E-state index contributed by atoms with van der Waals surface area (Å²) < 4.78 is 27.7. The van der Waals surface area contributed by atoms with Crippen molar-refractivity contribution in [3.05, 3.63) is 17.5 Å². The largest absolute Gasteiger partial charge is 0.283 e. The molecule has 0 bridgehead atoms. The van der Waals surface area contributed by atoms with Gasteiger partial charge in [0.2, 0.25) is 10.0 Å². The minimum Gasteiger partial charge on any atom is -0.266 e. The number of sulfonamides is 1. The van der Waals surface area contributed by atoms with Gasteiger partial charge >= 0.3 is 0 Å². The predicted octanol–water partition coefficient (Wildman–Crippen LogP) is 1.46. The van der Waals surface area contributed by atoms with Crippen LogP contribution in [0.3, 0.4) is 0 Å². The molecule has 0 atom stereocenters. The van der Waals surface area contributed by atoms with Crippen LogP contribution < -0.4 is 4.72 Å². The predicted molar refractivity (Wildman–Crippen MR) is 73.4 cm³/mol. The third-order valence-electron chi connectivity index (χ3n) is 3.02. The van der Waals surface area contributed by atoms with Gasteiger partial charge in [-0.3, -0.25) is 9.48 Å². The van der Waals surface area contributed by atoms with Gasteiger partial charge in [0, 0.05) is 6.54 Å². The summed E-state index contributed by atoms with van der Waals surface area (Å²) >= 11 is 0. The molecule has 108 valence electrons. The van der Waals surface area contributed by atoms with E-state index in [2.05, 4.69) is 9.82 Å². The highest BCUT2D eigenvalue weighted by atomic mass is 32.2. The molecule has 7 heteroatoms. The minimum atomic E-state index is -3.63. The topological polar surface area (TPSA) is 81.1 Å². The maximum Gasteiger partial charge on any atom is 0.283 e. The van der Waals surface area contributed by atoms with Crippen LogP contribution in [-0.2, 0) is 16.6 Å². The molecule has 19 heavy (non-hydrogen) atoms. The molecule has 0 aliphatic carbocycles. The summed E-state index contributed by atoms with van der Waals surface area (Å²) in [4.78, 5) is 12.0. The first kappa shape index (κ1) is 15.7. The van der Waals surface area contributed by atoms with Crippen LogP contribution >= 0.6 is 0 Å². The van der Waals surface area contributed by atoms with Gasteiger partial charge in [-0.2, -0.15) is 5.10 Å². The lowest BCUT2D eigenvalue weighted by molar-refractivity contribution is 0.0970. The molecule has 1 heterocycles. The number of rotatable bonds is 6. The molecule has 0 aromatic carbocycles. The maximum atomic E-state index is 12.0. The number of nitrogens with zero attached hydrogens (tertiary/aromatic N) is 2. The first-order valence-corrected chi connectivity index (χ1v) is 8.00. The van der Waals surface area contributed by atoms with Crippen LogP contribution in [0.1, 0.15) is 49.8 Å². The zero-order valence-electron chi connectivity index (χ0n) is 11.8. The van der Waals surface area contributed by atoms with Crippen molar-refractivity contribution >= 4 is 15.9 Å². The molecule has 0 saturated carbocycles. The van der Waals surface area contributed by atoms with Gasteiger partial charge in [0.15, 0.2) is 0 Å². The van der Waals surface area contributed by atoms with Gasteiger partial charge in [-0.25, -0.2) is 13.1 Å². The van der Waals surface area contributed by atoms with Crippen molar-refractivity contribution < 1.29 is 13.2 Å². The summed E-state index contributed by atoms with van der Waals surface area (Å²) in [6.45, 7) is 7.70. The number of hydrogen-bond acceptors (Lipinski definition) is 4. The van der Waals surface area contributed by atoms with Crippen LogP contribution in [0.5, 0.6) is 0 Å². The van der Waals surface area contributed by atoms with E-state index in [4.69, 9.17) is 0 Å². The van der Waals surface area contributed by atoms with Crippen LogP contribution in [0.25, 0.3) is 0 Å². The molecule has 0 aliphatic heterocycles. The lowest BCUT2D eigenvalue weighted by Crippen LogP contribution is -2.38. The van der Waals surface area contributed by atoms with E-state index in [1.165, 1.54) is 4.68 Å². The average molecular weight is 287 g/mol. The fraction of sp³-hybridized carbons (Fsp3) is 0.667. The van der Waals surface area contributed by atoms with Crippen molar-refractivity contribution in [1.82, 2.24) is 14.5 Å². The number of carbonyl (C=O) groups is 1. The first-order chi connectivity index (χ1) is 8.85. The van der Waals surface area contributed by atoms with E-state index in [0.717, 1.165) is 0 Å². The normalized spacial score (nSPS) is 11.8. The molecule has 1 rings (SSSR count). The Morgan fingerprint density at radius 3 is 2.42 bits per heavy atom. The molecule has 1 aromatic rings. The van der Waals surface area contributed by atoms with Crippen LogP contribution in [0, 0.1) is 6.92 Å². The van der Waals surface area contributed by atoms with E-state index in [-0.39, 0.29) is 5.69 Å². The van der Waals surface area contributed by atoms with Crippen molar-refractivity contribution in [3.63, 3.8) is 0 Å². The van der Waals surface area contributed by atoms with Crippen molar-refractivity contribution in [2.45, 2.75) is 52.3 Å². The van der Waals surface area contributed by atoms with E-state index >= 15 is 0 Å². The first-order valence-electron chi connectivity index (χ1n) is 6.46. The summed E-state index contributed by atoms with van der Waals surface area (Å²) in [7, 11) is -3.63. The fourth-order valence-electron chi connectivity index (χ4n) is 1.96. The zero-order chi connectivity index (χ0) is 14.6. The fourth-order valence-corrected chi connectivity index (χ4v) is 3.37. The summed E-state index contributed by atoms with van der Waals surface area (Å²) in [6.07, 6.45) is 0.955. The van der Waals surface area contributed by atoms with Crippen molar-refractivity contribution in [2.75, 3.05) is 0 Å². The SMILES string of the molecule is CCC(CC)S(=O)(=O)NC(=O)c1cc(C)nn1CC. The maximum absolute atomic E-state index is 12.0. The Hall–Kier alpha value is -1.37. The molecule has 0 spiro atoms. The van der Waals surface area contributed by atoms with Gasteiger partial charge in [0.05, 0.1) is 10.9 Å². The van der Waals surface area contributed by atoms with Crippen LogP contribution in [0.2, 0.25) is 0 Å². The summed E-state index contributed by atoms with van der Waals surface area (Å²) in [5, 5.41) is 3.58. The number of amides is 1. The molecule has 0 unspecified atom stereocenters. The van der Waals surface area contributed by atoms with Crippen LogP contribution in [0.15, 0.2) is 6.07 Å². The molecule has 0 radical (unpaired) electrons. The molecule has 0 saturated heterocycles. The molecule has 1 amide bonds. The minimum absolute atomic E-state index is 0.273. The second-order valence-electron chi connectivity index (χ2n) is 4.40. The molecule has 1 N–H and O–H groups in total. The zero-order valence-corrected chi connectivity index (χ0v) is 12.6. The summed E-state index contributed by atoms with van der Waals surface area (Å²) in [5.74, 6) is -0.616. The molecular weight excluding hydrogens is 266 g/mol. The number of hydrogen-bond donors (Lipinski definition) is 1. The summed E-state index contributed by atoms with van der Waals surface area (Å²) in [5.41, 5.74) is 0.960. The summed E-state index contributed by atoms with van der Waals surface area (Å²) in [6, 6.07) is 1.58. The van der Waals surface area contributed by atoms with Gasteiger partial charge in [-0.05, 0) is 32.8 Å². The highest BCUT2D eigenvalue weighted by Crippen LogP contribution is 2.10. The van der Waals surface area contributed by atoms with Crippen LogP contribution in [-0.4, -0.2) is 29.4 Å². The number of nitrogens with one attached hydrogen (secondary N) is 1. The van der Waals surface area contributed by atoms with Gasteiger partial charge in [0.25, 0.3) is 5.91 Å². The van der Waals surface area contributed by atoms with Crippen molar-refractivity contribution in [2.24, 2.45) is 0 Å². The van der Waals surface area contributed by atoms with Gasteiger partial charge in [-0.1, -0.05) is 13.8 Å². The third kappa shape index (κ3) is 3.56. The third-order valence-corrected chi connectivity index (χ3v) is 5.03. The van der Waals surface area contributed by atoms with Gasteiger partial charge < -0.3 is 0 Å². The molecule has 6 nitrogen and oxygen atoms in total. The second kappa shape index (κ2) is 6.18. The van der Waals surface area contributed by atoms with E-state index in [1.54, 1.807) is 26.8 Å². The Labute approximate surface area is 114 Å². The highest BCUT2D eigenvalue weighted by molar-refractivity contribution is 7.90. The molecule has 0 fully saturated rings. The van der Waals surface area contributed by atoms with Crippen molar-refractivity contribution in [3.8, 4) is 0 Å². The standard InChI is InChI=1S/C12H21N3O3S/c1-5-10(6-2)19(17,18)14-12(16)11-8-9(4)13-15(11)7-3/h8,10H,5-7H2,1-4H3,(H,14,16). The number of carbonyl (C=O) groups excluding carboxylic acids is 1. The van der Waals surface area contributed by atoms with E-state index in [9.17, 15) is 13.2 Å². The van der Waals surface area contributed by atoms with Crippen LogP contribution in [0.4, 0.5) is 0 Å². The van der Waals surface area contributed by atoms with Gasteiger partial charge in [0.1, 0.15) is 5.69 Å². The quantitative estimate of drug-likeness (QED) is 0.859. The highest BCUT2D eigenvalue weighted by Gasteiger charge is 2.26. The Morgan fingerprint density at radius 2 is 1.95 bits per heavy atom. The van der Waals surface area contributed by atoms with E-state index in [0.29, 0.717) is 25.1 Å². The smallest absolute Gasteiger partial charge is 0.266 e. The monoisotopic (exact) mass is 287 g/mol. The molecule has 1 aromatic heterocycles. The Kier molecular flexibility index (Phi) is 5.11. The second-order valence-corrected chi connectivity index (χ2v) is 6.36. The van der Waals surface area contributed by atoms with E-state index in [1.807, 2.05) is 6.92 Å². The number of aryl methyl sites for hydroxylation is 2. The Bertz CT molecular complexity index is 545. The van der Waals surface area contributed by atoms with Crippen molar-refractivity contribution in [1.29, 1.82) is 0 Å². The molecular formula is C12H21N3O3S. The Balaban J connectivity index is 2.96. The average Bonchev–Trinajstić information content (AvgIpc) is 2.71.